The molecule has 0 aliphatic carbocycles. The number of carbonyl (C=O) groups is 1. The standard InChI is InChI=1S/C11H13BrN2O4/c1-18-10-7-8(14(16)17)4-5-9(10)13-11(15)3-2-6-12/h4-5,7H,2-3,6H2,1H3,(H,13,15). The van der Waals surface area contributed by atoms with Crippen molar-refractivity contribution >= 4 is 33.2 Å². The van der Waals surface area contributed by atoms with E-state index in [4.69, 9.17) is 4.74 Å². The van der Waals surface area contributed by atoms with Gasteiger partial charge in [0.25, 0.3) is 5.69 Å². The second-order valence-corrected chi connectivity index (χ2v) is 4.28. The largest absolute Gasteiger partial charge is 0.494 e. The highest BCUT2D eigenvalue weighted by Crippen LogP contribution is 2.29. The first-order chi connectivity index (χ1) is 8.58. The minimum absolute atomic E-state index is 0.0784. The van der Waals surface area contributed by atoms with E-state index in [1.54, 1.807) is 0 Å². The number of hydrogen-bond acceptors (Lipinski definition) is 4. The Hall–Kier alpha value is -1.63. The second kappa shape index (κ2) is 6.95. The molecule has 7 heteroatoms. The normalized spacial score (nSPS) is 9.89. The maximum atomic E-state index is 11.5. The number of nitro groups is 1. The van der Waals surface area contributed by atoms with Crippen LogP contribution in [0.5, 0.6) is 5.75 Å². The number of rotatable bonds is 6. The lowest BCUT2D eigenvalue weighted by molar-refractivity contribution is -0.384. The summed E-state index contributed by atoms with van der Waals surface area (Å²) in [5.41, 5.74) is 0.355. The first-order valence-corrected chi connectivity index (χ1v) is 6.39. The summed E-state index contributed by atoms with van der Waals surface area (Å²) in [6.45, 7) is 0. The minimum Gasteiger partial charge on any atom is -0.494 e. The molecule has 0 saturated carbocycles. The van der Waals surface area contributed by atoms with Gasteiger partial charge in [-0.05, 0) is 12.5 Å². The van der Waals surface area contributed by atoms with Crippen molar-refractivity contribution in [3.05, 3.63) is 28.3 Å². The molecule has 6 nitrogen and oxygen atoms in total. The van der Waals surface area contributed by atoms with Crippen LogP contribution in [0.25, 0.3) is 0 Å². The van der Waals surface area contributed by atoms with Crippen molar-refractivity contribution < 1.29 is 14.5 Å². The monoisotopic (exact) mass is 316 g/mol. The van der Waals surface area contributed by atoms with Gasteiger partial charge in [-0.1, -0.05) is 15.9 Å². The number of methoxy groups -OCH3 is 1. The molecule has 1 amide bonds. The molecule has 0 bridgehead atoms. The molecule has 1 N–H and O–H groups in total. The van der Waals surface area contributed by atoms with Crippen molar-refractivity contribution in [2.75, 3.05) is 17.8 Å². The van der Waals surface area contributed by atoms with Crippen molar-refractivity contribution in [1.29, 1.82) is 0 Å². The zero-order chi connectivity index (χ0) is 13.5. The second-order valence-electron chi connectivity index (χ2n) is 3.48. The molecule has 1 rings (SSSR count). The maximum absolute atomic E-state index is 11.5. The average Bonchev–Trinajstić information content (AvgIpc) is 2.36. The number of nitrogens with zero attached hydrogens (tertiary/aromatic N) is 1. The summed E-state index contributed by atoms with van der Waals surface area (Å²) in [4.78, 5) is 21.6. The Kier molecular flexibility index (Phi) is 5.57. The lowest BCUT2D eigenvalue weighted by Gasteiger charge is -2.09. The number of non-ortho nitro benzene ring substituents is 1. The molecule has 0 fully saturated rings. The van der Waals surface area contributed by atoms with Crippen molar-refractivity contribution in [2.45, 2.75) is 12.8 Å². The molecule has 1 aromatic carbocycles. The topological polar surface area (TPSA) is 81.5 Å². The van der Waals surface area contributed by atoms with Gasteiger partial charge in [0.1, 0.15) is 5.75 Å². The zero-order valence-electron chi connectivity index (χ0n) is 9.81. The molecular weight excluding hydrogens is 304 g/mol. The molecule has 0 heterocycles. The molecule has 0 atom stereocenters. The van der Waals surface area contributed by atoms with Gasteiger partial charge in [0.2, 0.25) is 5.91 Å². The summed E-state index contributed by atoms with van der Waals surface area (Å²) < 4.78 is 5.01. The van der Waals surface area contributed by atoms with Crippen LogP contribution in [0, 0.1) is 10.1 Å². The van der Waals surface area contributed by atoms with Crippen molar-refractivity contribution in [3.63, 3.8) is 0 Å². The van der Waals surface area contributed by atoms with Gasteiger partial charge in [-0.25, -0.2) is 0 Å². The van der Waals surface area contributed by atoms with E-state index in [1.807, 2.05) is 0 Å². The van der Waals surface area contributed by atoms with Crippen molar-refractivity contribution in [3.8, 4) is 5.75 Å². The number of halogens is 1. The highest BCUT2D eigenvalue weighted by atomic mass is 79.9. The lowest BCUT2D eigenvalue weighted by atomic mass is 10.2. The van der Waals surface area contributed by atoms with E-state index in [2.05, 4.69) is 21.2 Å². The Morgan fingerprint density at radius 1 is 1.56 bits per heavy atom. The average molecular weight is 317 g/mol. The Morgan fingerprint density at radius 2 is 2.28 bits per heavy atom. The number of anilines is 1. The van der Waals surface area contributed by atoms with Crippen molar-refractivity contribution in [1.82, 2.24) is 0 Å². The molecule has 98 valence electrons. The van der Waals surface area contributed by atoms with E-state index in [0.717, 1.165) is 11.8 Å². The van der Waals surface area contributed by atoms with Gasteiger partial charge in [-0.15, -0.1) is 0 Å². The van der Waals surface area contributed by atoms with Crippen LogP contribution in [0.15, 0.2) is 18.2 Å². The lowest BCUT2D eigenvalue weighted by Crippen LogP contribution is -2.12. The summed E-state index contributed by atoms with van der Waals surface area (Å²) in [6, 6.07) is 4.06. The van der Waals surface area contributed by atoms with Gasteiger partial charge < -0.3 is 10.1 Å². The van der Waals surface area contributed by atoms with Crippen LogP contribution in [0.1, 0.15) is 12.8 Å². The van der Waals surface area contributed by atoms with Gasteiger partial charge in [-0.3, -0.25) is 14.9 Å². The molecule has 0 aliphatic heterocycles. The third-order valence-corrected chi connectivity index (χ3v) is 2.77. The number of benzene rings is 1. The minimum atomic E-state index is -0.515. The van der Waals surface area contributed by atoms with Crippen molar-refractivity contribution in [2.24, 2.45) is 0 Å². The smallest absolute Gasteiger partial charge is 0.273 e. The Morgan fingerprint density at radius 3 is 2.83 bits per heavy atom. The van der Waals surface area contributed by atoms with E-state index in [9.17, 15) is 14.9 Å². The predicted octanol–water partition coefficient (Wildman–Crippen LogP) is 2.72. The van der Waals surface area contributed by atoms with Gasteiger partial charge in [0.05, 0.1) is 23.8 Å². The highest BCUT2D eigenvalue weighted by molar-refractivity contribution is 9.09. The number of carbonyl (C=O) groups excluding carboxylic acids is 1. The third kappa shape index (κ3) is 3.99. The number of nitrogens with one attached hydrogen (secondary N) is 1. The van der Waals surface area contributed by atoms with Gasteiger partial charge in [0.15, 0.2) is 0 Å². The summed E-state index contributed by atoms with van der Waals surface area (Å²) in [7, 11) is 1.40. The Bertz CT molecular complexity index is 451. The van der Waals surface area contributed by atoms with Crippen LogP contribution in [0.2, 0.25) is 0 Å². The molecule has 0 aromatic heterocycles. The van der Waals surface area contributed by atoms with E-state index in [-0.39, 0.29) is 17.3 Å². The quantitative estimate of drug-likeness (QED) is 0.497. The molecule has 1 aromatic rings. The fraction of sp³-hybridized carbons (Fsp3) is 0.364. The number of nitro benzene ring substituents is 1. The van der Waals surface area contributed by atoms with E-state index >= 15 is 0 Å². The van der Waals surface area contributed by atoms with E-state index < -0.39 is 4.92 Å². The molecular formula is C11H13BrN2O4. The van der Waals surface area contributed by atoms with Gasteiger partial charge in [0, 0.05) is 17.8 Å². The third-order valence-electron chi connectivity index (χ3n) is 2.21. The molecule has 0 radical (unpaired) electrons. The Balaban J connectivity index is 2.82. The molecule has 0 unspecified atom stereocenters. The van der Waals surface area contributed by atoms with Crippen LogP contribution in [-0.2, 0) is 4.79 Å². The maximum Gasteiger partial charge on any atom is 0.273 e. The van der Waals surface area contributed by atoms with Crippen LogP contribution >= 0.6 is 15.9 Å². The zero-order valence-corrected chi connectivity index (χ0v) is 11.4. The SMILES string of the molecule is COc1cc([N+](=O)[O-])ccc1NC(=O)CCCBr. The van der Waals surface area contributed by atoms with Gasteiger partial charge in [-0.2, -0.15) is 0 Å². The van der Waals surface area contributed by atoms with E-state index in [0.29, 0.717) is 12.1 Å². The van der Waals surface area contributed by atoms with Gasteiger partial charge >= 0.3 is 0 Å². The molecule has 0 aliphatic rings. The molecule has 18 heavy (non-hydrogen) atoms. The number of ether oxygens (including phenoxy) is 1. The summed E-state index contributed by atoms with van der Waals surface area (Å²) in [6.07, 6.45) is 1.10. The molecule has 0 saturated heterocycles. The Labute approximate surface area is 113 Å². The number of hydrogen-bond donors (Lipinski definition) is 1. The highest BCUT2D eigenvalue weighted by Gasteiger charge is 2.12. The fourth-order valence-corrected chi connectivity index (χ4v) is 1.62. The summed E-state index contributed by atoms with van der Waals surface area (Å²) in [5.74, 6) is 0.123. The van der Waals surface area contributed by atoms with Crippen LogP contribution in [-0.4, -0.2) is 23.3 Å². The van der Waals surface area contributed by atoms with Crippen LogP contribution < -0.4 is 10.1 Å². The summed E-state index contributed by atoms with van der Waals surface area (Å²) in [5, 5.41) is 14.0. The van der Waals surface area contributed by atoms with Crippen LogP contribution in [0.4, 0.5) is 11.4 Å². The van der Waals surface area contributed by atoms with Crippen LogP contribution in [0.3, 0.4) is 0 Å². The van der Waals surface area contributed by atoms with E-state index in [1.165, 1.54) is 25.3 Å². The number of amides is 1. The molecule has 0 spiro atoms. The first kappa shape index (κ1) is 14.4. The predicted molar refractivity (Wildman–Crippen MR) is 71.3 cm³/mol. The fourth-order valence-electron chi connectivity index (χ4n) is 1.34. The summed E-state index contributed by atoms with van der Waals surface area (Å²) >= 11 is 3.24. The first-order valence-electron chi connectivity index (χ1n) is 5.26. The number of alkyl halides is 1.